The van der Waals surface area contributed by atoms with Gasteiger partial charge in [0.15, 0.2) is 0 Å². The highest BCUT2D eigenvalue weighted by atomic mass is 127. The van der Waals surface area contributed by atoms with Crippen LogP contribution >= 0.6 is 50.1 Å². The average molecular weight is 451 g/mol. The molecule has 1 N–H and O–H groups in total. The summed E-state index contributed by atoms with van der Waals surface area (Å²) in [6.07, 6.45) is 0.329. The quantitative estimate of drug-likeness (QED) is 0.663. The van der Waals surface area contributed by atoms with E-state index in [9.17, 15) is 4.79 Å². The van der Waals surface area contributed by atoms with Crippen molar-refractivity contribution in [3.8, 4) is 0 Å². The van der Waals surface area contributed by atoms with Crippen LogP contribution in [0.1, 0.15) is 5.56 Å². The van der Waals surface area contributed by atoms with Crippen molar-refractivity contribution in [2.45, 2.75) is 6.42 Å². The van der Waals surface area contributed by atoms with Crippen LogP contribution in [0.3, 0.4) is 0 Å². The molecule has 5 heteroatoms. The van der Waals surface area contributed by atoms with Crippen LogP contribution in [0.25, 0.3) is 0 Å². The molecule has 19 heavy (non-hydrogen) atoms. The fourth-order valence-electron chi connectivity index (χ4n) is 1.57. The molecule has 0 spiro atoms. The van der Waals surface area contributed by atoms with Gasteiger partial charge in [-0.05, 0) is 58.5 Å². The predicted octanol–water partition coefficient (Wildman–Crippen LogP) is 4.89. The molecule has 2 nitrogen and oxygen atoms in total. The maximum absolute atomic E-state index is 11.9. The Morgan fingerprint density at radius 1 is 1.21 bits per heavy atom. The Bertz CT molecular complexity index is 601. The van der Waals surface area contributed by atoms with Crippen LogP contribution in [-0.2, 0) is 11.2 Å². The zero-order valence-corrected chi connectivity index (χ0v) is 14.3. The molecule has 0 bridgehead atoms. The van der Waals surface area contributed by atoms with Crippen molar-refractivity contribution >= 4 is 61.7 Å². The van der Waals surface area contributed by atoms with Gasteiger partial charge in [0.05, 0.1) is 17.1 Å². The van der Waals surface area contributed by atoms with Crippen molar-refractivity contribution in [3.05, 3.63) is 61.1 Å². The van der Waals surface area contributed by atoms with Gasteiger partial charge in [0.2, 0.25) is 5.91 Å². The molecule has 98 valence electrons. The van der Waals surface area contributed by atoms with E-state index >= 15 is 0 Å². The van der Waals surface area contributed by atoms with Gasteiger partial charge < -0.3 is 5.32 Å². The lowest BCUT2D eigenvalue weighted by Gasteiger charge is -2.07. The normalized spacial score (nSPS) is 10.3. The third-order valence-corrected chi connectivity index (χ3v) is 4.00. The fraction of sp³-hybridized carbons (Fsp3) is 0.0714. The third kappa shape index (κ3) is 4.47. The first-order chi connectivity index (χ1) is 9.04. The number of halogens is 3. The molecule has 0 aromatic heterocycles. The summed E-state index contributed by atoms with van der Waals surface area (Å²) >= 11 is 11.6. The van der Waals surface area contributed by atoms with Gasteiger partial charge in [-0.25, -0.2) is 0 Å². The molecule has 0 fully saturated rings. The molecule has 0 atom stereocenters. The number of nitrogens with one attached hydrogen (secondary N) is 1. The maximum Gasteiger partial charge on any atom is 0.228 e. The Balaban J connectivity index is 2.03. The summed E-state index contributed by atoms with van der Waals surface area (Å²) in [5.74, 6) is -0.0783. The van der Waals surface area contributed by atoms with E-state index in [0.717, 1.165) is 13.6 Å². The van der Waals surface area contributed by atoms with Crippen LogP contribution in [0.15, 0.2) is 46.9 Å². The highest BCUT2D eigenvalue weighted by molar-refractivity contribution is 14.1. The molecule has 0 aliphatic rings. The lowest BCUT2D eigenvalue weighted by Crippen LogP contribution is -2.14. The highest BCUT2D eigenvalue weighted by Gasteiger charge is 2.07. The monoisotopic (exact) mass is 449 g/mol. The zero-order valence-electron chi connectivity index (χ0n) is 9.79. The molecule has 0 radical (unpaired) electrons. The molecule has 2 rings (SSSR count). The van der Waals surface area contributed by atoms with Crippen LogP contribution in [0.4, 0.5) is 5.69 Å². The highest BCUT2D eigenvalue weighted by Crippen LogP contribution is 2.24. The first kappa shape index (κ1) is 14.8. The average Bonchev–Trinajstić information content (AvgIpc) is 2.36. The molecule has 0 aliphatic carbocycles. The Hall–Kier alpha value is -0.590. The Kier molecular flexibility index (Phi) is 5.24. The molecule has 0 unspecified atom stereocenters. The van der Waals surface area contributed by atoms with Crippen molar-refractivity contribution in [3.63, 3.8) is 0 Å². The molecule has 2 aromatic carbocycles. The van der Waals surface area contributed by atoms with Gasteiger partial charge in [-0.1, -0.05) is 39.7 Å². The SMILES string of the molecule is O=C(Cc1ccc(Br)cc1)Nc1ccc(I)cc1Cl. The molecular weight excluding hydrogens is 440 g/mol. The van der Waals surface area contributed by atoms with Gasteiger partial charge in [0.1, 0.15) is 0 Å². The molecule has 0 heterocycles. The summed E-state index contributed by atoms with van der Waals surface area (Å²) in [5.41, 5.74) is 1.60. The van der Waals surface area contributed by atoms with Gasteiger partial charge in [-0.2, -0.15) is 0 Å². The van der Waals surface area contributed by atoms with E-state index in [-0.39, 0.29) is 5.91 Å². The number of amides is 1. The van der Waals surface area contributed by atoms with Gasteiger partial charge >= 0.3 is 0 Å². The smallest absolute Gasteiger partial charge is 0.228 e. The summed E-state index contributed by atoms with van der Waals surface area (Å²) in [5, 5.41) is 3.37. The minimum atomic E-state index is -0.0783. The summed E-state index contributed by atoms with van der Waals surface area (Å²) in [4.78, 5) is 11.9. The Morgan fingerprint density at radius 3 is 2.53 bits per heavy atom. The first-order valence-corrected chi connectivity index (χ1v) is 7.79. The van der Waals surface area contributed by atoms with E-state index in [2.05, 4.69) is 43.8 Å². The van der Waals surface area contributed by atoms with Crippen molar-refractivity contribution in [1.82, 2.24) is 0 Å². The lowest BCUT2D eigenvalue weighted by atomic mass is 10.1. The summed E-state index contributed by atoms with van der Waals surface area (Å²) in [6.45, 7) is 0. The number of carbonyl (C=O) groups is 1. The summed E-state index contributed by atoms with van der Waals surface area (Å²) in [6, 6.07) is 13.2. The number of rotatable bonds is 3. The third-order valence-electron chi connectivity index (χ3n) is 2.48. The predicted molar refractivity (Wildman–Crippen MR) is 90.6 cm³/mol. The van der Waals surface area contributed by atoms with Crippen LogP contribution in [-0.4, -0.2) is 5.91 Å². The summed E-state index contributed by atoms with van der Waals surface area (Å²) < 4.78 is 2.03. The second-order valence-corrected chi connectivity index (χ2v) is 6.54. The van der Waals surface area contributed by atoms with Crippen LogP contribution in [0, 0.1) is 3.57 Å². The number of hydrogen-bond acceptors (Lipinski definition) is 1. The van der Waals surface area contributed by atoms with Gasteiger partial charge in [0.25, 0.3) is 0 Å². The van der Waals surface area contributed by atoms with Gasteiger partial charge in [-0.15, -0.1) is 0 Å². The maximum atomic E-state index is 11.9. The number of anilines is 1. The lowest BCUT2D eigenvalue weighted by molar-refractivity contribution is -0.115. The fourth-order valence-corrected chi connectivity index (χ4v) is 2.74. The second-order valence-electron chi connectivity index (χ2n) is 3.98. The van der Waals surface area contributed by atoms with E-state index in [1.807, 2.05) is 42.5 Å². The van der Waals surface area contributed by atoms with Crippen molar-refractivity contribution in [1.29, 1.82) is 0 Å². The molecule has 2 aromatic rings. The number of carbonyl (C=O) groups excluding carboxylic acids is 1. The standard InChI is InChI=1S/C14H10BrClINO/c15-10-3-1-9(2-4-10)7-14(19)18-13-6-5-11(17)8-12(13)16/h1-6,8H,7H2,(H,18,19). The van der Waals surface area contributed by atoms with Crippen molar-refractivity contribution in [2.24, 2.45) is 0 Å². The van der Waals surface area contributed by atoms with E-state index in [0.29, 0.717) is 17.1 Å². The minimum absolute atomic E-state index is 0.0783. The van der Waals surface area contributed by atoms with Crippen LogP contribution in [0.2, 0.25) is 5.02 Å². The van der Waals surface area contributed by atoms with E-state index < -0.39 is 0 Å². The molecular formula is C14H10BrClINO. The number of hydrogen-bond donors (Lipinski definition) is 1. The second kappa shape index (κ2) is 6.72. The van der Waals surface area contributed by atoms with E-state index in [4.69, 9.17) is 11.6 Å². The molecule has 0 saturated carbocycles. The zero-order chi connectivity index (χ0) is 13.8. The van der Waals surface area contributed by atoms with Crippen LogP contribution in [0.5, 0.6) is 0 Å². The topological polar surface area (TPSA) is 29.1 Å². The van der Waals surface area contributed by atoms with Gasteiger partial charge in [0, 0.05) is 8.04 Å². The Morgan fingerprint density at radius 2 is 1.89 bits per heavy atom. The van der Waals surface area contributed by atoms with E-state index in [1.165, 1.54) is 0 Å². The molecule has 0 aliphatic heterocycles. The number of benzene rings is 2. The van der Waals surface area contributed by atoms with E-state index in [1.54, 1.807) is 0 Å². The minimum Gasteiger partial charge on any atom is -0.324 e. The van der Waals surface area contributed by atoms with Gasteiger partial charge in [-0.3, -0.25) is 4.79 Å². The van der Waals surface area contributed by atoms with Crippen molar-refractivity contribution in [2.75, 3.05) is 5.32 Å². The molecule has 0 saturated heterocycles. The van der Waals surface area contributed by atoms with Crippen molar-refractivity contribution < 1.29 is 4.79 Å². The Labute approximate surface area is 138 Å². The molecule has 1 amide bonds. The largest absolute Gasteiger partial charge is 0.324 e. The first-order valence-electron chi connectivity index (χ1n) is 5.54. The van der Waals surface area contributed by atoms with Crippen LogP contribution < -0.4 is 5.32 Å². The summed E-state index contributed by atoms with van der Waals surface area (Å²) in [7, 11) is 0.